The second-order valence-electron chi connectivity index (χ2n) is 9.74. The zero-order valence-electron chi connectivity index (χ0n) is 15.3. The number of hydrogen-bond donors (Lipinski definition) is 1. The second kappa shape index (κ2) is 4.98. The van der Waals surface area contributed by atoms with Gasteiger partial charge in [-0.25, -0.2) is 0 Å². The summed E-state index contributed by atoms with van der Waals surface area (Å²) in [5.74, 6) is 2.26. The van der Waals surface area contributed by atoms with E-state index in [1.165, 1.54) is 44.1 Å². The third-order valence-electron chi connectivity index (χ3n) is 9.03. The first kappa shape index (κ1) is 15.6. The molecule has 0 aromatic rings. The lowest BCUT2D eigenvalue weighted by molar-refractivity contribution is -0.123. The number of ether oxygens (including phenoxy) is 1. The molecule has 132 valence electrons. The Labute approximate surface area is 146 Å². The molecular weight excluding hydrogens is 296 g/mol. The first-order valence-corrected chi connectivity index (χ1v) is 10.2. The molecule has 0 amide bonds. The monoisotopic (exact) mass is 328 g/mol. The normalized spacial score (nSPS) is 55.9. The van der Waals surface area contributed by atoms with Crippen LogP contribution in [-0.2, 0) is 4.74 Å². The van der Waals surface area contributed by atoms with Gasteiger partial charge in [0.1, 0.15) is 0 Å². The van der Waals surface area contributed by atoms with Gasteiger partial charge >= 0.3 is 0 Å². The number of fused-ring (bicyclic) bond motifs is 6. The predicted molar refractivity (Wildman–Crippen MR) is 95.5 cm³/mol. The number of allylic oxidation sites excluding steroid dienone is 3. The van der Waals surface area contributed by atoms with E-state index in [0.29, 0.717) is 11.3 Å². The lowest BCUT2D eigenvalue weighted by Gasteiger charge is -2.57. The molecule has 7 atom stereocenters. The van der Waals surface area contributed by atoms with Gasteiger partial charge in [0.05, 0.1) is 11.7 Å². The molecule has 5 aliphatic rings. The van der Waals surface area contributed by atoms with E-state index in [9.17, 15) is 5.11 Å². The zero-order valence-corrected chi connectivity index (χ0v) is 15.3. The van der Waals surface area contributed by atoms with Crippen molar-refractivity contribution in [2.24, 2.45) is 28.6 Å². The third-order valence-corrected chi connectivity index (χ3v) is 9.03. The first-order valence-electron chi connectivity index (χ1n) is 10.2. The van der Waals surface area contributed by atoms with E-state index in [-0.39, 0.29) is 17.1 Å². The maximum absolute atomic E-state index is 10.1. The van der Waals surface area contributed by atoms with Gasteiger partial charge in [-0.05, 0) is 85.5 Å². The molecule has 1 aliphatic heterocycles. The maximum Gasteiger partial charge on any atom is 0.0739 e. The van der Waals surface area contributed by atoms with E-state index in [0.717, 1.165) is 31.3 Å². The Morgan fingerprint density at radius 2 is 1.88 bits per heavy atom. The van der Waals surface area contributed by atoms with Gasteiger partial charge in [0.25, 0.3) is 0 Å². The second-order valence-corrected chi connectivity index (χ2v) is 9.74. The van der Waals surface area contributed by atoms with Crippen LogP contribution >= 0.6 is 0 Å². The molecular formula is C22H32O2. The molecule has 0 aromatic heterocycles. The summed E-state index contributed by atoms with van der Waals surface area (Å²) in [6, 6.07) is 0. The smallest absolute Gasteiger partial charge is 0.0739 e. The van der Waals surface area contributed by atoms with E-state index >= 15 is 0 Å². The fourth-order valence-corrected chi connectivity index (χ4v) is 7.58. The van der Waals surface area contributed by atoms with E-state index in [4.69, 9.17) is 4.74 Å². The average Bonchev–Trinajstić information content (AvgIpc) is 3.15. The van der Waals surface area contributed by atoms with Crippen LogP contribution in [-0.4, -0.2) is 23.4 Å². The summed E-state index contributed by atoms with van der Waals surface area (Å²) in [6.45, 7) is 6.01. The summed E-state index contributed by atoms with van der Waals surface area (Å²) in [5.41, 5.74) is 2.26. The molecule has 1 spiro atoms. The first-order chi connectivity index (χ1) is 11.5. The average molecular weight is 328 g/mol. The Morgan fingerprint density at radius 3 is 2.67 bits per heavy atom. The summed E-state index contributed by atoms with van der Waals surface area (Å²) in [6.07, 6.45) is 16.7. The molecule has 1 heterocycles. The van der Waals surface area contributed by atoms with Crippen LogP contribution in [0.1, 0.15) is 65.2 Å². The Morgan fingerprint density at radius 1 is 1.04 bits per heavy atom. The highest BCUT2D eigenvalue weighted by atomic mass is 16.5. The van der Waals surface area contributed by atoms with Gasteiger partial charge in [0.15, 0.2) is 0 Å². The van der Waals surface area contributed by atoms with E-state index in [1.54, 1.807) is 0 Å². The fraction of sp³-hybridized carbons (Fsp3) is 0.818. The Hall–Kier alpha value is -0.600. The van der Waals surface area contributed by atoms with Crippen LogP contribution in [0.3, 0.4) is 0 Å². The number of aliphatic hydroxyl groups excluding tert-OH is 1. The SMILES string of the molecule is C[C@]12CCC(O)C=C1C=C[C@@H]1[C@@H]2CC[C@@]2(C)[C@H]1CC[C@@]21CCCO1. The highest BCUT2D eigenvalue weighted by molar-refractivity contribution is 5.36. The maximum atomic E-state index is 10.1. The Balaban J connectivity index is 1.53. The Bertz CT molecular complexity index is 599. The van der Waals surface area contributed by atoms with Gasteiger partial charge in [-0.15, -0.1) is 0 Å². The van der Waals surface area contributed by atoms with Gasteiger partial charge < -0.3 is 9.84 Å². The van der Waals surface area contributed by atoms with Crippen molar-refractivity contribution in [2.75, 3.05) is 6.61 Å². The summed E-state index contributed by atoms with van der Waals surface area (Å²) in [7, 11) is 0. The Kier molecular flexibility index (Phi) is 3.24. The lowest BCUT2D eigenvalue weighted by atomic mass is 9.48. The third kappa shape index (κ3) is 1.80. The number of aliphatic hydroxyl groups is 1. The van der Waals surface area contributed by atoms with Crippen LogP contribution in [0.15, 0.2) is 23.8 Å². The zero-order chi connectivity index (χ0) is 16.6. The minimum atomic E-state index is -0.232. The molecule has 24 heavy (non-hydrogen) atoms. The molecule has 1 saturated heterocycles. The molecule has 1 unspecified atom stereocenters. The molecule has 2 nitrogen and oxygen atoms in total. The van der Waals surface area contributed by atoms with Gasteiger partial charge in [-0.3, -0.25) is 0 Å². The number of hydrogen-bond acceptors (Lipinski definition) is 2. The quantitative estimate of drug-likeness (QED) is 0.702. The van der Waals surface area contributed by atoms with Crippen LogP contribution < -0.4 is 0 Å². The van der Waals surface area contributed by atoms with Gasteiger partial charge in [0.2, 0.25) is 0 Å². The molecule has 2 saturated carbocycles. The molecule has 0 radical (unpaired) electrons. The van der Waals surface area contributed by atoms with E-state index in [2.05, 4.69) is 32.1 Å². The van der Waals surface area contributed by atoms with Crippen LogP contribution in [0.2, 0.25) is 0 Å². The molecule has 4 aliphatic carbocycles. The highest BCUT2D eigenvalue weighted by Crippen LogP contribution is 2.68. The van der Waals surface area contributed by atoms with Crippen molar-refractivity contribution in [1.29, 1.82) is 0 Å². The predicted octanol–water partition coefficient (Wildman–Crippen LogP) is 4.64. The van der Waals surface area contributed by atoms with Gasteiger partial charge in [-0.1, -0.05) is 32.1 Å². The van der Waals surface area contributed by atoms with Crippen LogP contribution in [0.4, 0.5) is 0 Å². The van der Waals surface area contributed by atoms with Crippen molar-refractivity contribution in [2.45, 2.75) is 76.9 Å². The minimum absolute atomic E-state index is 0.191. The summed E-state index contributed by atoms with van der Waals surface area (Å²) >= 11 is 0. The molecule has 1 N–H and O–H groups in total. The van der Waals surface area contributed by atoms with E-state index < -0.39 is 0 Å². The van der Waals surface area contributed by atoms with Crippen molar-refractivity contribution in [3.05, 3.63) is 23.8 Å². The number of rotatable bonds is 0. The van der Waals surface area contributed by atoms with Crippen LogP contribution in [0.5, 0.6) is 0 Å². The van der Waals surface area contributed by atoms with Crippen LogP contribution in [0, 0.1) is 28.6 Å². The summed E-state index contributed by atoms with van der Waals surface area (Å²) < 4.78 is 6.43. The summed E-state index contributed by atoms with van der Waals surface area (Å²) in [4.78, 5) is 0. The summed E-state index contributed by atoms with van der Waals surface area (Å²) in [5, 5.41) is 10.1. The van der Waals surface area contributed by atoms with Crippen molar-refractivity contribution in [3.8, 4) is 0 Å². The largest absolute Gasteiger partial charge is 0.389 e. The molecule has 0 bridgehead atoms. The molecule has 5 rings (SSSR count). The lowest BCUT2D eigenvalue weighted by Crippen LogP contribution is -2.53. The van der Waals surface area contributed by atoms with Crippen molar-refractivity contribution in [3.63, 3.8) is 0 Å². The van der Waals surface area contributed by atoms with Gasteiger partial charge in [-0.2, -0.15) is 0 Å². The topological polar surface area (TPSA) is 29.5 Å². The van der Waals surface area contributed by atoms with Crippen LogP contribution in [0.25, 0.3) is 0 Å². The van der Waals surface area contributed by atoms with Gasteiger partial charge in [0, 0.05) is 6.61 Å². The molecule has 2 heteroatoms. The standard InChI is InChI=1S/C22H32O2/c1-20-10-6-16(23)14-15(20)4-5-17-18(20)7-11-21(2)19(17)8-12-22(21)9-3-13-24-22/h4-5,14,16-19,23H,3,6-13H2,1-2H3/t16?,17-,18+,19+,20+,21+,22+/m1/s1. The fourth-order valence-electron chi connectivity index (χ4n) is 7.58. The highest BCUT2D eigenvalue weighted by Gasteiger charge is 2.64. The van der Waals surface area contributed by atoms with Crippen molar-refractivity contribution < 1.29 is 9.84 Å². The minimum Gasteiger partial charge on any atom is -0.389 e. The van der Waals surface area contributed by atoms with Crippen molar-refractivity contribution >= 4 is 0 Å². The molecule has 3 fully saturated rings. The van der Waals surface area contributed by atoms with Crippen molar-refractivity contribution in [1.82, 2.24) is 0 Å². The molecule has 0 aromatic carbocycles. The van der Waals surface area contributed by atoms with E-state index in [1.807, 2.05) is 0 Å².